The van der Waals surface area contributed by atoms with Gasteiger partial charge in [-0.15, -0.1) is 0 Å². The molecule has 5 nitrogen and oxygen atoms in total. The van der Waals surface area contributed by atoms with Crippen molar-refractivity contribution in [3.63, 3.8) is 0 Å². The van der Waals surface area contributed by atoms with Gasteiger partial charge in [0.2, 0.25) is 0 Å². The predicted octanol–water partition coefficient (Wildman–Crippen LogP) is 3.60. The molecule has 0 unspecified atom stereocenters. The van der Waals surface area contributed by atoms with Gasteiger partial charge in [-0.25, -0.2) is 0 Å². The molecule has 0 atom stereocenters. The van der Waals surface area contributed by atoms with Crippen LogP contribution in [0.15, 0.2) is 59.4 Å². The number of methoxy groups -OCH3 is 2. The molecule has 124 valence electrons. The van der Waals surface area contributed by atoms with Gasteiger partial charge in [0.05, 0.1) is 14.2 Å². The molecule has 0 aliphatic heterocycles. The lowest BCUT2D eigenvalue weighted by Gasteiger charge is -2.11. The molecule has 0 spiro atoms. The molecular formula is C20H16N2O3. The normalized spacial score (nSPS) is 10.1. The van der Waals surface area contributed by atoms with Gasteiger partial charge in [-0.1, -0.05) is 18.2 Å². The van der Waals surface area contributed by atoms with Gasteiger partial charge >= 0.3 is 0 Å². The number of nitrogens with one attached hydrogen (secondary N) is 1. The van der Waals surface area contributed by atoms with E-state index in [4.69, 9.17) is 9.47 Å². The van der Waals surface area contributed by atoms with Crippen molar-refractivity contribution in [1.29, 1.82) is 5.26 Å². The lowest BCUT2D eigenvalue weighted by atomic mass is 9.98. The second kappa shape index (κ2) is 6.93. The first kappa shape index (κ1) is 16.3. The minimum atomic E-state index is -0.434. The first-order chi connectivity index (χ1) is 12.2. The quantitative estimate of drug-likeness (QED) is 0.792. The number of nitriles is 1. The van der Waals surface area contributed by atoms with Gasteiger partial charge in [0.25, 0.3) is 5.56 Å². The van der Waals surface area contributed by atoms with Gasteiger partial charge in [0, 0.05) is 16.8 Å². The molecule has 1 N–H and O–H groups in total. The Labute approximate surface area is 145 Å². The summed E-state index contributed by atoms with van der Waals surface area (Å²) in [5, 5.41) is 9.43. The van der Waals surface area contributed by atoms with E-state index in [1.807, 2.05) is 48.5 Å². The minimum absolute atomic E-state index is 0.0572. The van der Waals surface area contributed by atoms with Crippen LogP contribution in [0.5, 0.6) is 11.5 Å². The summed E-state index contributed by atoms with van der Waals surface area (Å²) in [4.78, 5) is 15.2. The topological polar surface area (TPSA) is 75.1 Å². The summed E-state index contributed by atoms with van der Waals surface area (Å²) < 4.78 is 10.5. The van der Waals surface area contributed by atoms with E-state index >= 15 is 0 Å². The van der Waals surface area contributed by atoms with Crippen molar-refractivity contribution in [3.8, 4) is 40.0 Å². The van der Waals surface area contributed by atoms with Crippen LogP contribution in [-0.2, 0) is 0 Å². The molecule has 2 aromatic carbocycles. The molecule has 1 aromatic heterocycles. The number of hydrogen-bond acceptors (Lipinski definition) is 4. The van der Waals surface area contributed by atoms with Crippen LogP contribution in [0, 0.1) is 11.3 Å². The standard InChI is InChI=1S/C20H16N2O3/c1-24-14-9-7-13(8-10-14)18-11-16(17(12-21)20(23)22-18)15-5-3-4-6-19(15)25-2/h3-11H,1-2H3,(H,22,23). The van der Waals surface area contributed by atoms with Crippen LogP contribution in [0.4, 0.5) is 0 Å². The first-order valence-electron chi connectivity index (χ1n) is 7.63. The third-order valence-corrected chi connectivity index (χ3v) is 3.94. The van der Waals surface area contributed by atoms with Gasteiger partial charge in [-0.3, -0.25) is 4.79 Å². The fourth-order valence-corrected chi connectivity index (χ4v) is 2.68. The molecule has 0 aliphatic rings. The van der Waals surface area contributed by atoms with Gasteiger partial charge in [0.1, 0.15) is 23.1 Å². The molecule has 25 heavy (non-hydrogen) atoms. The number of pyridine rings is 1. The van der Waals surface area contributed by atoms with E-state index in [0.717, 1.165) is 11.3 Å². The second-order valence-electron chi connectivity index (χ2n) is 5.34. The molecule has 0 aliphatic carbocycles. The Morgan fingerprint density at radius 2 is 1.68 bits per heavy atom. The summed E-state index contributed by atoms with van der Waals surface area (Å²) >= 11 is 0. The van der Waals surface area contributed by atoms with Gasteiger partial charge in [0.15, 0.2) is 0 Å². The number of hydrogen-bond donors (Lipinski definition) is 1. The van der Waals surface area contributed by atoms with E-state index in [1.54, 1.807) is 26.4 Å². The maximum Gasteiger partial charge on any atom is 0.266 e. The fourth-order valence-electron chi connectivity index (χ4n) is 2.68. The van der Waals surface area contributed by atoms with Crippen LogP contribution in [0.25, 0.3) is 22.4 Å². The Bertz CT molecular complexity index is 999. The van der Waals surface area contributed by atoms with Crippen molar-refractivity contribution in [2.45, 2.75) is 0 Å². The van der Waals surface area contributed by atoms with Crippen molar-refractivity contribution in [1.82, 2.24) is 4.98 Å². The SMILES string of the molecule is COc1ccc(-c2cc(-c3ccccc3OC)c(C#N)c(=O)[nH]2)cc1. The van der Waals surface area contributed by atoms with Crippen LogP contribution in [-0.4, -0.2) is 19.2 Å². The molecule has 3 rings (SSSR count). The summed E-state index contributed by atoms with van der Waals surface area (Å²) in [5.41, 5.74) is 2.29. The van der Waals surface area contributed by atoms with Crippen LogP contribution >= 0.6 is 0 Å². The zero-order chi connectivity index (χ0) is 17.8. The molecule has 0 amide bonds. The Morgan fingerprint density at radius 3 is 2.32 bits per heavy atom. The minimum Gasteiger partial charge on any atom is -0.497 e. The molecule has 1 heterocycles. The molecule has 0 saturated heterocycles. The Balaban J connectivity index is 2.22. The zero-order valence-electron chi connectivity index (χ0n) is 13.9. The highest BCUT2D eigenvalue weighted by molar-refractivity contribution is 5.79. The number of para-hydroxylation sites is 1. The summed E-state index contributed by atoms with van der Waals surface area (Å²) in [6.45, 7) is 0. The van der Waals surface area contributed by atoms with Crippen LogP contribution in [0.2, 0.25) is 0 Å². The predicted molar refractivity (Wildman–Crippen MR) is 95.8 cm³/mol. The van der Waals surface area contributed by atoms with Crippen molar-refractivity contribution < 1.29 is 9.47 Å². The fraction of sp³-hybridized carbons (Fsp3) is 0.100. The maximum atomic E-state index is 12.4. The third kappa shape index (κ3) is 3.10. The van der Waals surface area contributed by atoms with Crippen molar-refractivity contribution in [2.75, 3.05) is 14.2 Å². The van der Waals surface area contributed by atoms with E-state index in [1.165, 1.54) is 0 Å². The summed E-state index contributed by atoms with van der Waals surface area (Å²) in [5.74, 6) is 1.33. The summed E-state index contributed by atoms with van der Waals surface area (Å²) in [6, 6.07) is 18.4. The number of benzene rings is 2. The molecule has 0 radical (unpaired) electrons. The van der Waals surface area contributed by atoms with Gasteiger partial charge in [-0.2, -0.15) is 5.26 Å². The van der Waals surface area contributed by atoms with E-state index in [9.17, 15) is 10.1 Å². The summed E-state index contributed by atoms with van der Waals surface area (Å²) in [7, 11) is 3.15. The Morgan fingerprint density at radius 1 is 0.960 bits per heavy atom. The lowest BCUT2D eigenvalue weighted by Crippen LogP contribution is -2.12. The van der Waals surface area contributed by atoms with E-state index in [0.29, 0.717) is 22.6 Å². The molecule has 5 heteroatoms. The van der Waals surface area contributed by atoms with Crippen LogP contribution in [0.1, 0.15) is 5.56 Å². The lowest BCUT2D eigenvalue weighted by molar-refractivity contribution is 0.415. The Hall–Kier alpha value is -3.52. The second-order valence-corrected chi connectivity index (χ2v) is 5.34. The number of nitrogens with zero attached hydrogens (tertiary/aromatic N) is 1. The summed E-state index contributed by atoms with van der Waals surface area (Å²) in [6.07, 6.45) is 0. The highest BCUT2D eigenvalue weighted by atomic mass is 16.5. The van der Waals surface area contributed by atoms with Crippen LogP contribution in [0.3, 0.4) is 0 Å². The third-order valence-electron chi connectivity index (χ3n) is 3.94. The van der Waals surface area contributed by atoms with Crippen molar-refractivity contribution in [2.24, 2.45) is 0 Å². The van der Waals surface area contributed by atoms with Gasteiger partial charge in [-0.05, 0) is 42.0 Å². The number of aromatic amines is 1. The Kier molecular flexibility index (Phi) is 4.53. The average Bonchev–Trinajstić information content (AvgIpc) is 2.67. The van der Waals surface area contributed by atoms with Crippen molar-refractivity contribution in [3.05, 3.63) is 70.5 Å². The molecule has 3 aromatic rings. The van der Waals surface area contributed by atoms with E-state index < -0.39 is 5.56 Å². The van der Waals surface area contributed by atoms with E-state index in [2.05, 4.69) is 4.98 Å². The molecule has 0 saturated carbocycles. The highest BCUT2D eigenvalue weighted by Gasteiger charge is 2.15. The zero-order valence-corrected chi connectivity index (χ0v) is 13.9. The van der Waals surface area contributed by atoms with Gasteiger partial charge < -0.3 is 14.5 Å². The number of ether oxygens (including phenoxy) is 2. The maximum absolute atomic E-state index is 12.4. The number of rotatable bonds is 4. The molecule has 0 bridgehead atoms. The van der Waals surface area contributed by atoms with Crippen molar-refractivity contribution >= 4 is 0 Å². The highest BCUT2D eigenvalue weighted by Crippen LogP contribution is 2.33. The molecule has 0 fully saturated rings. The van der Waals surface area contributed by atoms with Crippen LogP contribution < -0.4 is 15.0 Å². The molecular weight excluding hydrogens is 316 g/mol. The monoisotopic (exact) mass is 332 g/mol. The van der Waals surface area contributed by atoms with E-state index in [-0.39, 0.29) is 5.56 Å². The smallest absolute Gasteiger partial charge is 0.266 e. The average molecular weight is 332 g/mol. The first-order valence-corrected chi connectivity index (χ1v) is 7.63. The number of aromatic nitrogens is 1. The number of H-pyrrole nitrogens is 1. The largest absolute Gasteiger partial charge is 0.497 e.